The van der Waals surface area contributed by atoms with Crippen LogP contribution in [0.2, 0.25) is 0 Å². The SMILES string of the molecule is Cc1ccccc1N(CC(=O)NCc1cccc(Br)c1)S(C)(=O)=O. The van der Waals surface area contributed by atoms with E-state index in [1.807, 2.05) is 43.3 Å². The lowest BCUT2D eigenvalue weighted by Gasteiger charge is -2.23. The maximum absolute atomic E-state index is 12.2. The third-order valence-electron chi connectivity index (χ3n) is 3.45. The Morgan fingerprint density at radius 2 is 1.88 bits per heavy atom. The lowest BCUT2D eigenvalue weighted by molar-refractivity contribution is -0.119. The van der Waals surface area contributed by atoms with Gasteiger partial charge in [-0.3, -0.25) is 9.10 Å². The first-order chi connectivity index (χ1) is 11.3. The molecule has 0 saturated heterocycles. The molecule has 2 rings (SSSR count). The van der Waals surface area contributed by atoms with Crippen LogP contribution in [0.3, 0.4) is 0 Å². The Balaban J connectivity index is 2.10. The first-order valence-corrected chi connectivity index (χ1v) is 9.96. The van der Waals surface area contributed by atoms with Gasteiger partial charge in [0.15, 0.2) is 0 Å². The third kappa shape index (κ3) is 5.07. The molecule has 0 aliphatic carbocycles. The topological polar surface area (TPSA) is 66.5 Å². The molecule has 0 aromatic heterocycles. The summed E-state index contributed by atoms with van der Waals surface area (Å²) < 4.78 is 26.2. The fraction of sp³-hybridized carbons (Fsp3) is 0.235. The van der Waals surface area contributed by atoms with E-state index in [9.17, 15) is 13.2 Å². The number of amides is 1. The number of anilines is 1. The number of carbonyl (C=O) groups excluding carboxylic acids is 1. The number of nitrogens with one attached hydrogen (secondary N) is 1. The van der Waals surface area contributed by atoms with E-state index in [4.69, 9.17) is 0 Å². The number of carbonyl (C=O) groups is 1. The summed E-state index contributed by atoms with van der Waals surface area (Å²) in [7, 11) is -3.56. The number of rotatable bonds is 6. The Hall–Kier alpha value is -1.86. The van der Waals surface area contributed by atoms with Crippen LogP contribution in [0.4, 0.5) is 5.69 Å². The van der Waals surface area contributed by atoms with Crippen molar-refractivity contribution < 1.29 is 13.2 Å². The number of sulfonamides is 1. The van der Waals surface area contributed by atoms with E-state index in [2.05, 4.69) is 21.2 Å². The van der Waals surface area contributed by atoms with Crippen molar-refractivity contribution >= 4 is 37.5 Å². The van der Waals surface area contributed by atoms with Crippen LogP contribution in [0, 0.1) is 6.92 Å². The molecule has 128 valence electrons. The zero-order chi connectivity index (χ0) is 17.7. The van der Waals surface area contributed by atoms with Gasteiger partial charge in [-0.05, 0) is 36.2 Å². The Kier molecular flexibility index (Phi) is 6.01. The summed E-state index contributed by atoms with van der Waals surface area (Å²) in [4.78, 5) is 12.2. The monoisotopic (exact) mass is 410 g/mol. The largest absolute Gasteiger partial charge is 0.350 e. The number of para-hydroxylation sites is 1. The molecular formula is C17H19BrN2O3S. The zero-order valence-corrected chi connectivity index (χ0v) is 15.9. The minimum Gasteiger partial charge on any atom is -0.350 e. The molecule has 7 heteroatoms. The number of benzene rings is 2. The number of aryl methyl sites for hydroxylation is 1. The van der Waals surface area contributed by atoms with Gasteiger partial charge < -0.3 is 5.32 Å². The van der Waals surface area contributed by atoms with Crippen molar-refractivity contribution in [1.82, 2.24) is 5.32 Å². The summed E-state index contributed by atoms with van der Waals surface area (Å²) in [5.41, 5.74) is 2.24. The molecule has 0 bridgehead atoms. The lowest BCUT2D eigenvalue weighted by Crippen LogP contribution is -2.40. The van der Waals surface area contributed by atoms with Crippen LogP contribution in [-0.4, -0.2) is 27.1 Å². The highest BCUT2D eigenvalue weighted by Gasteiger charge is 2.21. The number of hydrogen-bond acceptors (Lipinski definition) is 3. The van der Waals surface area contributed by atoms with Crippen LogP contribution >= 0.6 is 15.9 Å². The highest BCUT2D eigenvalue weighted by atomic mass is 79.9. The van der Waals surface area contributed by atoms with Crippen molar-refractivity contribution in [3.63, 3.8) is 0 Å². The van der Waals surface area contributed by atoms with Crippen molar-refractivity contribution in [3.8, 4) is 0 Å². The van der Waals surface area contributed by atoms with E-state index >= 15 is 0 Å². The van der Waals surface area contributed by atoms with E-state index in [-0.39, 0.29) is 12.5 Å². The summed E-state index contributed by atoms with van der Waals surface area (Å²) in [6.07, 6.45) is 1.10. The second-order valence-corrected chi connectivity index (χ2v) is 8.29. The van der Waals surface area contributed by atoms with Gasteiger partial charge in [0.25, 0.3) is 0 Å². The van der Waals surface area contributed by atoms with Gasteiger partial charge in [0.1, 0.15) is 6.54 Å². The van der Waals surface area contributed by atoms with Crippen LogP contribution in [0.15, 0.2) is 53.0 Å². The number of nitrogens with zero attached hydrogens (tertiary/aromatic N) is 1. The minimum atomic E-state index is -3.56. The standard InChI is InChI=1S/C17H19BrN2O3S/c1-13-6-3-4-9-16(13)20(24(2,22)23)12-17(21)19-11-14-7-5-8-15(18)10-14/h3-10H,11-12H2,1-2H3,(H,19,21). The molecule has 0 saturated carbocycles. The maximum Gasteiger partial charge on any atom is 0.241 e. The van der Waals surface area contributed by atoms with Crippen LogP contribution in [0.5, 0.6) is 0 Å². The van der Waals surface area contributed by atoms with E-state index in [1.165, 1.54) is 0 Å². The lowest BCUT2D eigenvalue weighted by atomic mass is 10.2. The molecule has 5 nitrogen and oxygen atoms in total. The Morgan fingerprint density at radius 3 is 2.50 bits per heavy atom. The van der Waals surface area contributed by atoms with Crippen molar-refractivity contribution in [2.24, 2.45) is 0 Å². The summed E-state index contributed by atoms with van der Waals surface area (Å²) in [5.74, 6) is -0.358. The van der Waals surface area contributed by atoms with Gasteiger partial charge >= 0.3 is 0 Å². The van der Waals surface area contributed by atoms with Gasteiger partial charge in [0, 0.05) is 11.0 Å². The predicted octanol–water partition coefficient (Wildman–Crippen LogP) is 2.84. The molecule has 0 aliphatic rings. The molecule has 0 heterocycles. The predicted molar refractivity (Wildman–Crippen MR) is 99.4 cm³/mol. The Bertz CT molecular complexity index is 837. The fourth-order valence-corrected chi connectivity index (χ4v) is 3.62. The molecular weight excluding hydrogens is 392 g/mol. The molecule has 0 atom stereocenters. The molecule has 24 heavy (non-hydrogen) atoms. The van der Waals surface area contributed by atoms with Gasteiger partial charge in [0.05, 0.1) is 11.9 Å². The van der Waals surface area contributed by atoms with Crippen molar-refractivity contribution in [2.75, 3.05) is 17.1 Å². The molecule has 1 N–H and O–H groups in total. The average Bonchev–Trinajstić information content (AvgIpc) is 2.50. The van der Waals surface area contributed by atoms with Gasteiger partial charge in [-0.2, -0.15) is 0 Å². The second kappa shape index (κ2) is 7.81. The number of halogens is 1. The molecule has 2 aromatic carbocycles. The normalized spacial score (nSPS) is 11.1. The van der Waals surface area contributed by atoms with Crippen LogP contribution in [0.1, 0.15) is 11.1 Å². The first kappa shape index (κ1) is 18.5. The van der Waals surface area contributed by atoms with Crippen LogP contribution in [0.25, 0.3) is 0 Å². The molecule has 2 aromatic rings. The summed E-state index contributed by atoms with van der Waals surface area (Å²) in [6.45, 7) is 1.90. The zero-order valence-electron chi connectivity index (χ0n) is 13.5. The van der Waals surface area contributed by atoms with E-state index < -0.39 is 10.0 Å². The van der Waals surface area contributed by atoms with Crippen molar-refractivity contribution in [3.05, 3.63) is 64.1 Å². The van der Waals surface area contributed by atoms with Gasteiger partial charge in [-0.25, -0.2) is 8.42 Å². The Morgan fingerprint density at radius 1 is 1.17 bits per heavy atom. The van der Waals surface area contributed by atoms with Gasteiger partial charge in [-0.15, -0.1) is 0 Å². The van der Waals surface area contributed by atoms with Gasteiger partial charge in [0.2, 0.25) is 15.9 Å². The molecule has 0 unspecified atom stereocenters. The minimum absolute atomic E-state index is 0.252. The number of hydrogen-bond donors (Lipinski definition) is 1. The molecule has 0 spiro atoms. The maximum atomic E-state index is 12.2. The Labute approximate surface area is 150 Å². The molecule has 0 fully saturated rings. The summed E-state index contributed by atoms with van der Waals surface area (Å²) in [6, 6.07) is 14.6. The molecule has 0 radical (unpaired) electrons. The summed E-state index contributed by atoms with van der Waals surface area (Å²) >= 11 is 3.37. The first-order valence-electron chi connectivity index (χ1n) is 7.32. The fourth-order valence-electron chi connectivity index (χ4n) is 2.26. The molecule has 0 aliphatic heterocycles. The average molecular weight is 411 g/mol. The third-order valence-corrected chi connectivity index (χ3v) is 5.07. The van der Waals surface area contributed by atoms with Crippen LogP contribution < -0.4 is 9.62 Å². The van der Waals surface area contributed by atoms with E-state index in [0.29, 0.717) is 12.2 Å². The highest BCUT2D eigenvalue weighted by molar-refractivity contribution is 9.10. The van der Waals surface area contributed by atoms with E-state index in [0.717, 1.165) is 26.2 Å². The van der Waals surface area contributed by atoms with Crippen molar-refractivity contribution in [2.45, 2.75) is 13.5 Å². The quantitative estimate of drug-likeness (QED) is 0.795. The van der Waals surface area contributed by atoms with E-state index in [1.54, 1.807) is 12.1 Å². The van der Waals surface area contributed by atoms with Gasteiger partial charge in [-0.1, -0.05) is 46.3 Å². The second-order valence-electron chi connectivity index (χ2n) is 5.46. The van der Waals surface area contributed by atoms with Crippen molar-refractivity contribution in [1.29, 1.82) is 0 Å². The molecule has 1 amide bonds. The highest BCUT2D eigenvalue weighted by Crippen LogP contribution is 2.21. The summed E-state index contributed by atoms with van der Waals surface area (Å²) in [5, 5.41) is 2.75. The smallest absolute Gasteiger partial charge is 0.241 e. The van der Waals surface area contributed by atoms with Crippen LogP contribution in [-0.2, 0) is 21.4 Å².